The minimum atomic E-state index is 0.983. The maximum Gasteiger partial charge on any atom is 0.0709 e. The van der Waals surface area contributed by atoms with E-state index in [1.165, 1.54) is 9.09 Å². The minimum absolute atomic E-state index is 0.983. The summed E-state index contributed by atoms with van der Waals surface area (Å²) < 4.78 is 1.36. The van der Waals surface area contributed by atoms with Crippen molar-refractivity contribution in [2.75, 3.05) is 5.75 Å². The molecule has 13 heavy (non-hydrogen) atoms. The Hall–Kier alpha value is -0.120. The van der Waals surface area contributed by atoms with Gasteiger partial charge >= 0.3 is 0 Å². The van der Waals surface area contributed by atoms with Crippen molar-refractivity contribution in [1.82, 2.24) is 0 Å². The molecular formula is C10H12S3. The van der Waals surface area contributed by atoms with Gasteiger partial charge < -0.3 is 0 Å². The van der Waals surface area contributed by atoms with Crippen molar-refractivity contribution >= 4 is 32.9 Å². The molecule has 0 N–H and O–H groups in total. The Balaban J connectivity index is 2.39. The zero-order valence-corrected chi connectivity index (χ0v) is 9.81. The third-order valence-electron chi connectivity index (χ3n) is 1.31. The highest BCUT2D eigenvalue weighted by atomic mass is 33.1. The van der Waals surface area contributed by atoms with E-state index in [2.05, 4.69) is 25.3 Å². The van der Waals surface area contributed by atoms with Gasteiger partial charge in [-0.05, 0) is 29.3 Å². The van der Waals surface area contributed by atoms with E-state index in [-0.39, 0.29) is 0 Å². The average Bonchev–Trinajstić information content (AvgIpc) is 2.54. The number of thiophene rings is 1. The van der Waals surface area contributed by atoms with Gasteiger partial charge in [-0.1, -0.05) is 22.9 Å². The molecule has 0 aliphatic carbocycles. The van der Waals surface area contributed by atoms with E-state index in [4.69, 9.17) is 0 Å². The van der Waals surface area contributed by atoms with E-state index in [9.17, 15) is 0 Å². The van der Waals surface area contributed by atoms with Crippen LogP contribution in [0.25, 0.3) is 0 Å². The summed E-state index contributed by atoms with van der Waals surface area (Å²) >= 11 is 1.84. The lowest BCUT2D eigenvalue weighted by molar-refractivity contribution is 1.35. The number of hydrogen-bond acceptors (Lipinski definition) is 3. The standard InChI is InChI=1S/C10H12S3/c1-3-5-9-6-7-10(12-9)13-11-8-4-2/h3-4,6-7H,1-2,5,8H2. The van der Waals surface area contributed by atoms with E-state index in [0.29, 0.717) is 0 Å². The first kappa shape index (κ1) is 11.0. The van der Waals surface area contributed by atoms with Gasteiger partial charge in [-0.2, -0.15) is 0 Å². The Morgan fingerprint density at radius 1 is 1.31 bits per heavy atom. The zero-order valence-electron chi connectivity index (χ0n) is 7.36. The smallest absolute Gasteiger partial charge is 0.0709 e. The predicted molar refractivity (Wildman–Crippen MR) is 66.7 cm³/mol. The Labute approximate surface area is 91.5 Å². The van der Waals surface area contributed by atoms with Crippen LogP contribution in [0.5, 0.6) is 0 Å². The third-order valence-corrected chi connectivity index (χ3v) is 5.12. The van der Waals surface area contributed by atoms with Crippen LogP contribution in [-0.2, 0) is 6.42 Å². The summed E-state index contributed by atoms with van der Waals surface area (Å²) in [7, 11) is 3.64. The fourth-order valence-corrected chi connectivity index (χ4v) is 4.14. The summed E-state index contributed by atoms with van der Waals surface area (Å²) in [5, 5.41) is 0. The van der Waals surface area contributed by atoms with Crippen LogP contribution in [0.4, 0.5) is 0 Å². The van der Waals surface area contributed by atoms with Crippen LogP contribution in [0, 0.1) is 0 Å². The minimum Gasteiger partial charge on any atom is -0.133 e. The largest absolute Gasteiger partial charge is 0.133 e. The van der Waals surface area contributed by atoms with Crippen LogP contribution in [0.15, 0.2) is 41.7 Å². The normalized spacial score (nSPS) is 9.85. The molecule has 70 valence electrons. The van der Waals surface area contributed by atoms with Gasteiger partial charge in [0.1, 0.15) is 0 Å². The lowest BCUT2D eigenvalue weighted by Gasteiger charge is -1.92. The Bertz CT molecular complexity index is 275. The second-order valence-corrected chi connectivity index (χ2v) is 6.18. The van der Waals surface area contributed by atoms with Crippen molar-refractivity contribution in [2.45, 2.75) is 10.6 Å². The van der Waals surface area contributed by atoms with Crippen LogP contribution in [0.3, 0.4) is 0 Å². The van der Waals surface area contributed by atoms with Crippen molar-refractivity contribution in [1.29, 1.82) is 0 Å². The Kier molecular flexibility index (Phi) is 5.35. The maximum absolute atomic E-state index is 3.72. The molecule has 0 aromatic carbocycles. The van der Waals surface area contributed by atoms with E-state index < -0.39 is 0 Å². The summed E-state index contributed by atoms with van der Waals surface area (Å²) in [6.07, 6.45) is 4.85. The van der Waals surface area contributed by atoms with Crippen LogP contribution in [0.2, 0.25) is 0 Å². The lowest BCUT2D eigenvalue weighted by Crippen LogP contribution is -1.66. The molecule has 1 aromatic rings. The Morgan fingerprint density at radius 2 is 2.15 bits per heavy atom. The summed E-state index contributed by atoms with van der Waals surface area (Å²) in [6.45, 7) is 7.40. The molecule has 0 spiro atoms. The summed E-state index contributed by atoms with van der Waals surface area (Å²) in [5.41, 5.74) is 0. The summed E-state index contributed by atoms with van der Waals surface area (Å²) in [5.74, 6) is 0.999. The van der Waals surface area contributed by atoms with E-state index in [1.807, 2.05) is 45.1 Å². The van der Waals surface area contributed by atoms with Gasteiger partial charge in [-0.25, -0.2) is 0 Å². The number of hydrogen-bond donors (Lipinski definition) is 0. The summed E-state index contributed by atoms with van der Waals surface area (Å²) in [6, 6.07) is 4.34. The van der Waals surface area contributed by atoms with Gasteiger partial charge in [0, 0.05) is 10.6 Å². The fraction of sp³-hybridized carbons (Fsp3) is 0.200. The monoisotopic (exact) mass is 228 g/mol. The molecule has 0 atom stereocenters. The first-order chi connectivity index (χ1) is 6.36. The first-order valence-corrected chi connectivity index (χ1v) is 7.10. The lowest BCUT2D eigenvalue weighted by atomic mass is 10.3. The van der Waals surface area contributed by atoms with Crippen LogP contribution in [0.1, 0.15) is 4.88 Å². The van der Waals surface area contributed by atoms with Crippen molar-refractivity contribution < 1.29 is 0 Å². The topological polar surface area (TPSA) is 0 Å². The molecule has 0 bridgehead atoms. The molecule has 3 heteroatoms. The highest BCUT2D eigenvalue weighted by molar-refractivity contribution is 8.77. The van der Waals surface area contributed by atoms with Gasteiger partial charge in [0.05, 0.1) is 4.21 Å². The van der Waals surface area contributed by atoms with Gasteiger partial charge in [0.25, 0.3) is 0 Å². The molecule has 1 aromatic heterocycles. The molecule has 0 nitrogen and oxygen atoms in total. The van der Waals surface area contributed by atoms with Crippen molar-refractivity contribution in [3.05, 3.63) is 42.3 Å². The quantitative estimate of drug-likeness (QED) is 0.402. The molecule has 0 radical (unpaired) electrons. The average molecular weight is 228 g/mol. The highest BCUT2D eigenvalue weighted by Gasteiger charge is 1.98. The maximum atomic E-state index is 3.72. The second-order valence-electron chi connectivity index (χ2n) is 2.37. The molecule has 1 heterocycles. The predicted octanol–water partition coefficient (Wildman–Crippen LogP) is 4.40. The van der Waals surface area contributed by atoms with Gasteiger partial charge in [0.15, 0.2) is 0 Å². The third kappa shape index (κ3) is 4.07. The van der Waals surface area contributed by atoms with Crippen molar-refractivity contribution in [3.8, 4) is 0 Å². The van der Waals surface area contributed by atoms with E-state index >= 15 is 0 Å². The van der Waals surface area contributed by atoms with Crippen LogP contribution >= 0.6 is 32.9 Å². The van der Waals surface area contributed by atoms with Gasteiger partial charge in [-0.15, -0.1) is 24.5 Å². The summed E-state index contributed by atoms with van der Waals surface area (Å²) in [4.78, 5) is 1.39. The van der Waals surface area contributed by atoms with E-state index in [1.54, 1.807) is 0 Å². The first-order valence-electron chi connectivity index (χ1n) is 3.96. The molecular weight excluding hydrogens is 216 g/mol. The van der Waals surface area contributed by atoms with Crippen LogP contribution < -0.4 is 0 Å². The second kappa shape index (κ2) is 6.35. The fourth-order valence-electron chi connectivity index (χ4n) is 0.795. The van der Waals surface area contributed by atoms with Gasteiger partial charge in [-0.3, -0.25) is 0 Å². The molecule has 0 aliphatic rings. The van der Waals surface area contributed by atoms with Crippen molar-refractivity contribution in [3.63, 3.8) is 0 Å². The van der Waals surface area contributed by atoms with Crippen molar-refractivity contribution in [2.24, 2.45) is 0 Å². The molecule has 1 rings (SSSR count). The number of allylic oxidation sites excluding steroid dienone is 1. The van der Waals surface area contributed by atoms with Crippen LogP contribution in [-0.4, -0.2) is 5.75 Å². The van der Waals surface area contributed by atoms with Gasteiger partial charge in [0.2, 0.25) is 0 Å². The van der Waals surface area contributed by atoms with E-state index in [0.717, 1.165) is 12.2 Å². The SMILES string of the molecule is C=CCSSc1ccc(CC=C)s1. The zero-order chi connectivity index (χ0) is 9.52. The molecule has 0 unspecified atom stereocenters. The molecule has 0 amide bonds. The molecule has 0 fully saturated rings. The molecule has 0 saturated heterocycles. The highest BCUT2D eigenvalue weighted by Crippen LogP contribution is 2.36. The number of rotatable bonds is 6. The Morgan fingerprint density at radius 3 is 2.85 bits per heavy atom. The molecule has 0 saturated carbocycles. The molecule has 0 aliphatic heterocycles.